The van der Waals surface area contributed by atoms with Crippen molar-refractivity contribution in [2.24, 2.45) is 0 Å². The molecule has 0 aromatic carbocycles. The second kappa shape index (κ2) is 6.64. The smallest absolute Gasteiger partial charge is 0.280 e. The number of nitrogens with zero attached hydrogens (tertiary/aromatic N) is 3. The van der Waals surface area contributed by atoms with Crippen molar-refractivity contribution in [2.75, 3.05) is 13.1 Å². The lowest BCUT2D eigenvalue weighted by Crippen LogP contribution is -2.42. The number of nitrogens with one attached hydrogen (secondary N) is 1. The molecule has 1 fully saturated rings. The molecule has 1 aliphatic rings. The molecule has 2 rings (SSSR count). The van der Waals surface area contributed by atoms with Crippen LogP contribution in [0.4, 0.5) is 0 Å². The van der Waals surface area contributed by atoms with E-state index in [1.807, 2.05) is 6.92 Å². The minimum absolute atomic E-state index is 0.306. The topological polar surface area (TPSA) is 88.3 Å². The van der Waals surface area contributed by atoms with Crippen LogP contribution < -0.4 is 4.72 Å². The molecule has 0 radical (unpaired) electrons. The molecule has 0 spiro atoms. The van der Waals surface area contributed by atoms with Crippen molar-refractivity contribution in [2.45, 2.75) is 52.0 Å². The molecule has 8 heteroatoms. The predicted octanol–water partition coefficient (Wildman–Crippen LogP) is 1.40. The van der Waals surface area contributed by atoms with Gasteiger partial charge >= 0.3 is 0 Å². The lowest BCUT2D eigenvalue weighted by Gasteiger charge is -2.21. The average molecular weight is 302 g/mol. The van der Waals surface area contributed by atoms with E-state index in [1.165, 1.54) is 4.31 Å². The Morgan fingerprint density at radius 2 is 1.95 bits per heavy atom. The Hall–Kier alpha value is -0.990. The minimum Gasteiger partial charge on any atom is -0.338 e. The van der Waals surface area contributed by atoms with Gasteiger partial charge in [0.15, 0.2) is 5.82 Å². The molecule has 1 unspecified atom stereocenters. The third-order valence-electron chi connectivity index (χ3n) is 3.40. The van der Waals surface area contributed by atoms with Gasteiger partial charge in [0.1, 0.15) is 0 Å². The molecule has 1 saturated heterocycles. The van der Waals surface area contributed by atoms with Gasteiger partial charge in [0.05, 0.1) is 6.04 Å². The zero-order valence-corrected chi connectivity index (χ0v) is 12.8. The van der Waals surface area contributed by atoms with Crippen LogP contribution in [0.1, 0.15) is 57.3 Å². The molecule has 0 saturated carbocycles. The summed E-state index contributed by atoms with van der Waals surface area (Å²) < 4.78 is 33.8. The summed E-state index contributed by atoms with van der Waals surface area (Å²) in [6.45, 7) is 4.78. The molecule has 1 aromatic heterocycles. The normalized spacial score (nSPS) is 19.7. The molecule has 20 heavy (non-hydrogen) atoms. The van der Waals surface area contributed by atoms with Crippen LogP contribution in [-0.4, -0.2) is 36.0 Å². The summed E-state index contributed by atoms with van der Waals surface area (Å²) in [4.78, 5) is 4.15. The minimum atomic E-state index is -3.50. The van der Waals surface area contributed by atoms with Crippen LogP contribution in [0.15, 0.2) is 4.52 Å². The first-order chi connectivity index (χ1) is 9.53. The Kier molecular flexibility index (Phi) is 5.11. The summed E-state index contributed by atoms with van der Waals surface area (Å²) >= 11 is 0. The highest BCUT2D eigenvalue weighted by Gasteiger charge is 2.27. The third kappa shape index (κ3) is 3.77. The number of aromatic nitrogens is 2. The fourth-order valence-corrected chi connectivity index (χ4v) is 3.65. The number of aryl methyl sites for hydroxylation is 1. The molecule has 1 aliphatic heterocycles. The number of hydrogen-bond acceptors (Lipinski definition) is 5. The molecule has 114 valence electrons. The van der Waals surface area contributed by atoms with Crippen LogP contribution in [0, 0.1) is 0 Å². The van der Waals surface area contributed by atoms with E-state index < -0.39 is 16.3 Å². The Bertz CT molecular complexity index is 521. The van der Waals surface area contributed by atoms with Gasteiger partial charge in [-0.3, -0.25) is 0 Å². The van der Waals surface area contributed by atoms with Crippen LogP contribution >= 0.6 is 0 Å². The van der Waals surface area contributed by atoms with Crippen LogP contribution in [-0.2, 0) is 16.6 Å². The molecule has 0 amide bonds. The maximum absolute atomic E-state index is 12.3. The van der Waals surface area contributed by atoms with E-state index in [-0.39, 0.29) is 0 Å². The van der Waals surface area contributed by atoms with Gasteiger partial charge in [0.25, 0.3) is 10.2 Å². The Balaban J connectivity index is 2.02. The van der Waals surface area contributed by atoms with Gasteiger partial charge in [-0.05, 0) is 19.8 Å². The Morgan fingerprint density at radius 1 is 1.30 bits per heavy atom. The fraction of sp³-hybridized carbons (Fsp3) is 0.833. The molecule has 0 bridgehead atoms. The van der Waals surface area contributed by atoms with E-state index in [9.17, 15) is 8.42 Å². The standard InChI is InChI=1S/C12H22N4O3S/c1-3-11-13-12(19-14-11)10(2)15-20(17,18)16-8-6-4-5-7-9-16/h10,15H,3-9H2,1-2H3. The van der Waals surface area contributed by atoms with Crippen molar-refractivity contribution in [1.82, 2.24) is 19.2 Å². The van der Waals surface area contributed by atoms with E-state index in [0.29, 0.717) is 31.2 Å². The van der Waals surface area contributed by atoms with E-state index in [4.69, 9.17) is 4.52 Å². The summed E-state index contributed by atoms with van der Waals surface area (Å²) in [5.41, 5.74) is 0. The molecule has 1 aromatic rings. The van der Waals surface area contributed by atoms with Gasteiger partial charge in [-0.15, -0.1) is 0 Å². The second-order valence-corrected chi connectivity index (χ2v) is 6.76. The lowest BCUT2D eigenvalue weighted by molar-refractivity contribution is 0.343. The predicted molar refractivity (Wildman–Crippen MR) is 74.2 cm³/mol. The quantitative estimate of drug-likeness (QED) is 0.888. The zero-order valence-electron chi connectivity index (χ0n) is 12.0. The Morgan fingerprint density at radius 3 is 2.50 bits per heavy atom. The monoisotopic (exact) mass is 302 g/mol. The fourth-order valence-electron chi connectivity index (χ4n) is 2.22. The average Bonchev–Trinajstić information content (AvgIpc) is 2.71. The van der Waals surface area contributed by atoms with Gasteiger partial charge < -0.3 is 4.52 Å². The first-order valence-electron chi connectivity index (χ1n) is 7.13. The first-order valence-corrected chi connectivity index (χ1v) is 8.57. The maximum Gasteiger partial charge on any atom is 0.280 e. The van der Waals surface area contributed by atoms with E-state index in [2.05, 4.69) is 14.9 Å². The molecule has 1 atom stereocenters. The molecule has 7 nitrogen and oxygen atoms in total. The maximum atomic E-state index is 12.3. The van der Waals surface area contributed by atoms with Gasteiger partial charge in [0.2, 0.25) is 5.89 Å². The SMILES string of the molecule is CCc1noc(C(C)NS(=O)(=O)N2CCCCCC2)n1. The highest BCUT2D eigenvalue weighted by Crippen LogP contribution is 2.16. The highest BCUT2D eigenvalue weighted by atomic mass is 32.2. The highest BCUT2D eigenvalue weighted by molar-refractivity contribution is 7.87. The molecule has 1 N–H and O–H groups in total. The summed E-state index contributed by atoms with van der Waals surface area (Å²) in [6.07, 6.45) is 4.66. The van der Waals surface area contributed by atoms with Crippen molar-refractivity contribution in [3.8, 4) is 0 Å². The van der Waals surface area contributed by atoms with E-state index in [0.717, 1.165) is 25.7 Å². The lowest BCUT2D eigenvalue weighted by atomic mass is 10.2. The zero-order chi connectivity index (χ0) is 14.6. The van der Waals surface area contributed by atoms with E-state index >= 15 is 0 Å². The number of rotatable bonds is 5. The first kappa shape index (κ1) is 15.4. The van der Waals surface area contributed by atoms with Gasteiger partial charge in [-0.1, -0.05) is 24.9 Å². The summed E-state index contributed by atoms with van der Waals surface area (Å²) in [5.74, 6) is 0.890. The Labute approximate surface area is 119 Å². The second-order valence-electron chi connectivity index (χ2n) is 5.06. The van der Waals surface area contributed by atoms with Crippen molar-refractivity contribution in [3.05, 3.63) is 11.7 Å². The van der Waals surface area contributed by atoms with Crippen LogP contribution in [0.25, 0.3) is 0 Å². The van der Waals surface area contributed by atoms with Gasteiger partial charge in [-0.2, -0.15) is 22.4 Å². The molecular formula is C12H22N4O3S. The molecular weight excluding hydrogens is 280 g/mol. The largest absolute Gasteiger partial charge is 0.338 e. The van der Waals surface area contributed by atoms with Crippen molar-refractivity contribution < 1.29 is 12.9 Å². The summed E-state index contributed by atoms with van der Waals surface area (Å²) in [6, 6.07) is -0.518. The number of hydrogen-bond donors (Lipinski definition) is 1. The van der Waals surface area contributed by atoms with Crippen LogP contribution in [0.5, 0.6) is 0 Å². The van der Waals surface area contributed by atoms with Crippen LogP contribution in [0.3, 0.4) is 0 Å². The molecule has 2 heterocycles. The van der Waals surface area contributed by atoms with Crippen molar-refractivity contribution in [1.29, 1.82) is 0 Å². The third-order valence-corrected chi connectivity index (χ3v) is 5.10. The van der Waals surface area contributed by atoms with Crippen LogP contribution in [0.2, 0.25) is 0 Å². The van der Waals surface area contributed by atoms with E-state index in [1.54, 1.807) is 6.92 Å². The summed E-state index contributed by atoms with van der Waals surface area (Å²) in [7, 11) is -3.50. The van der Waals surface area contributed by atoms with Gasteiger partial charge in [0, 0.05) is 19.5 Å². The van der Waals surface area contributed by atoms with Crippen molar-refractivity contribution >= 4 is 10.2 Å². The molecule has 0 aliphatic carbocycles. The van der Waals surface area contributed by atoms with Crippen molar-refractivity contribution in [3.63, 3.8) is 0 Å². The van der Waals surface area contributed by atoms with Gasteiger partial charge in [-0.25, -0.2) is 0 Å². The summed E-state index contributed by atoms with van der Waals surface area (Å²) in [5, 5.41) is 3.78.